The van der Waals surface area contributed by atoms with Crippen molar-refractivity contribution in [1.29, 1.82) is 0 Å². The van der Waals surface area contributed by atoms with E-state index in [0.717, 1.165) is 66.9 Å². The number of aromatic nitrogens is 2. The zero-order valence-corrected chi connectivity index (χ0v) is 19.3. The lowest BCUT2D eigenvalue weighted by atomic mass is 9.95. The van der Waals surface area contributed by atoms with Crippen LogP contribution in [-0.2, 0) is 6.42 Å². The van der Waals surface area contributed by atoms with Crippen molar-refractivity contribution >= 4 is 40.5 Å². The summed E-state index contributed by atoms with van der Waals surface area (Å²) in [7, 11) is 1.64. The van der Waals surface area contributed by atoms with Gasteiger partial charge < -0.3 is 19.9 Å². The zero-order chi connectivity index (χ0) is 22.8. The van der Waals surface area contributed by atoms with Crippen LogP contribution < -0.4 is 19.9 Å². The molecule has 7 nitrogen and oxygen atoms in total. The Bertz CT molecular complexity index is 1160. The van der Waals surface area contributed by atoms with Crippen molar-refractivity contribution in [3.63, 3.8) is 0 Å². The largest absolute Gasteiger partial charge is 0.497 e. The summed E-state index contributed by atoms with van der Waals surface area (Å²) >= 11 is 6.17. The fraction of sp³-hybridized carbons (Fsp3) is 0.320. The summed E-state index contributed by atoms with van der Waals surface area (Å²) in [5.74, 6) is 2.14. The van der Waals surface area contributed by atoms with E-state index >= 15 is 0 Å². The lowest BCUT2D eigenvalue weighted by Gasteiger charge is -2.36. The topological polar surface area (TPSA) is 70.6 Å². The van der Waals surface area contributed by atoms with Crippen molar-refractivity contribution < 1.29 is 9.53 Å². The van der Waals surface area contributed by atoms with Crippen LogP contribution in [0.4, 0.5) is 23.1 Å². The molecule has 1 aliphatic heterocycles. The molecule has 1 aliphatic carbocycles. The molecule has 0 spiro atoms. The number of anilines is 4. The molecule has 2 aliphatic rings. The van der Waals surface area contributed by atoms with Gasteiger partial charge in [0.25, 0.3) is 0 Å². The van der Waals surface area contributed by atoms with Crippen molar-refractivity contribution in [2.45, 2.75) is 19.3 Å². The van der Waals surface area contributed by atoms with E-state index < -0.39 is 0 Å². The van der Waals surface area contributed by atoms with E-state index in [2.05, 4.69) is 21.2 Å². The number of hydrogen-bond donors (Lipinski definition) is 1. The molecule has 0 atom stereocenters. The highest BCUT2D eigenvalue weighted by Crippen LogP contribution is 2.31. The SMILES string of the molecule is COc1ccc(Nc2nc(N3CCN(c4cccc(Cl)c4)CC3)nc3c2C(=O)CCC3)cc1. The van der Waals surface area contributed by atoms with E-state index in [0.29, 0.717) is 23.8 Å². The molecule has 1 fully saturated rings. The smallest absolute Gasteiger partial charge is 0.227 e. The minimum atomic E-state index is 0.101. The lowest BCUT2D eigenvalue weighted by molar-refractivity contribution is 0.0972. The van der Waals surface area contributed by atoms with Crippen LogP contribution in [0, 0.1) is 0 Å². The number of aryl methyl sites for hydroxylation is 1. The normalized spacial score (nSPS) is 15.9. The molecular formula is C25H26ClN5O2. The highest BCUT2D eigenvalue weighted by Gasteiger charge is 2.27. The molecule has 1 aromatic heterocycles. The Morgan fingerprint density at radius 3 is 2.45 bits per heavy atom. The predicted molar refractivity (Wildman–Crippen MR) is 131 cm³/mol. The summed E-state index contributed by atoms with van der Waals surface area (Å²) in [6.45, 7) is 3.28. The summed E-state index contributed by atoms with van der Waals surface area (Å²) in [6.07, 6.45) is 2.15. The molecule has 0 radical (unpaired) electrons. The molecule has 2 aromatic carbocycles. The molecule has 0 saturated carbocycles. The van der Waals surface area contributed by atoms with Crippen LogP contribution in [0.5, 0.6) is 5.75 Å². The fourth-order valence-electron chi connectivity index (χ4n) is 4.39. The average Bonchev–Trinajstić information content (AvgIpc) is 2.84. The number of hydrogen-bond acceptors (Lipinski definition) is 7. The van der Waals surface area contributed by atoms with Gasteiger partial charge in [0.15, 0.2) is 5.78 Å². The number of ether oxygens (including phenoxy) is 1. The molecule has 170 valence electrons. The number of nitrogens with one attached hydrogen (secondary N) is 1. The first kappa shape index (κ1) is 21.5. The summed E-state index contributed by atoms with van der Waals surface area (Å²) in [5, 5.41) is 4.10. The maximum absolute atomic E-state index is 12.7. The number of rotatable bonds is 5. The molecule has 0 bridgehead atoms. The maximum Gasteiger partial charge on any atom is 0.227 e. The van der Waals surface area contributed by atoms with E-state index in [1.165, 1.54) is 0 Å². The van der Waals surface area contributed by atoms with Crippen LogP contribution in [0.3, 0.4) is 0 Å². The number of halogens is 1. The predicted octanol–water partition coefficient (Wildman–Crippen LogP) is 4.73. The number of carbonyl (C=O) groups is 1. The van der Waals surface area contributed by atoms with Gasteiger partial charge in [-0.2, -0.15) is 4.98 Å². The molecule has 0 unspecified atom stereocenters. The lowest BCUT2D eigenvalue weighted by Crippen LogP contribution is -2.47. The number of carbonyl (C=O) groups excluding carboxylic acids is 1. The Balaban J connectivity index is 1.40. The van der Waals surface area contributed by atoms with Crippen molar-refractivity contribution in [3.8, 4) is 5.75 Å². The first-order valence-electron chi connectivity index (χ1n) is 11.2. The fourth-order valence-corrected chi connectivity index (χ4v) is 4.57. The second-order valence-corrected chi connectivity index (χ2v) is 8.71. The van der Waals surface area contributed by atoms with Gasteiger partial charge in [0.2, 0.25) is 5.95 Å². The molecule has 33 heavy (non-hydrogen) atoms. The van der Waals surface area contributed by atoms with Crippen LogP contribution in [0.25, 0.3) is 0 Å². The summed E-state index contributed by atoms with van der Waals surface area (Å²) in [4.78, 5) is 26.9. The summed E-state index contributed by atoms with van der Waals surface area (Å²) in [5.41, 5.74) is 3.44. The quantitative estimate of drug-likeness (QED) is 0.586. The average molecular weight is 464 g/mol. The van der Waals surface area contributed by atoms with Crippen LogP contribution in [0.15, 0.2) is 48.5 Å². The Morgan fingerprint density at radius 2 is 1.73 bits per heavy atom. The third-order valence-corrected chi connectivity index (χ3v) is 6.39. The second kappa shape index (κ2) is 9.27. The third-order valence-electron chi connectivity index (χ3n) is 6.16. The zero-order valence-electron chi connectivity index (χ0n) is 18.6. The van der Waals surface area contributed by atoms with E-state index in [1.807, 2.05) is 42.5 Å². The van der Waals surface area contributed by atoms with Gasteiger partial charge in [0, 0.05) is 49.0 Å². The Hall–Kier alpha value is -3.32. The van der Waals surface area contributed by atoms with Crippen molar-refractivity contribution in [2.75, 3.05) is 48.4 Å². The first-order valence-corrected chi connectivity index (χ1v) is 11.6. The first-order chi connectivity index (χ1) is 16.1. The molecule has 5 rings (SSSR count). The number of piperazine rings is 1. The highest BCUT2D eigenvalue weighted by atomic mass is 35.5. The Labute approximate surface area is 198 Å². The number of Topliss-reactive ketones (excluding diaryl/α,β-unsaturated/α-hetero) is 1. The minimum absolute atomic E-state index is 0.101. The monoisotopic (exact) mass is 463 g/mol. The van der Waals surface area contributed by atoms with Gasteiger partial charge in [-0.05, 0) is 55.3 Å². The molecule has 0 amide bonds. The van der Waals surface area contributed by atoms with E-state index in [4.69, 9.17) is 26.3 Å². The second-order valence-electron chi connectivity index (χ2n) is 8.28. The minimum Gasteiger partial charge on any atom is -0.497 e. The van der Waals surface area contributed by atoms with Crippen LogP contribution in [0.2, 0.25) is 5.02 Å². The summed E-state index contributed by atoms with van der Waals surface area (Å²) < 4.78 is 5.25. The van der Waals surface area contributed by atoms with Gasteiger partial charge in [0.1, 0.15) is 11.6 Å². The number of ketones is 1. The molecule has 8 heteroatoms. The number of nitrogens with zero attached hydrogens (tertiary/aromatic N) is 4. The van der Waals surface area contributed by atoms with Crippen molar-refractivity contribution in [3.05, 3.63) is 64.8 Å². The van der Waals surface area contributed by atoms with Gasteiger partial charge in [0.05, 0.1) is 18.4 Å². The van der Waals surface area contributed by atoms with Gasteiger partial charge in [-0.15, -0.1) is 0 Å². The maximum atomic E-state index is 12.7. The number of benzene rings is 2. The molecule has 1 N–H and O–H groups in total. The van der Waals surface area contributed by atoms with Crippen molar-refractivity contribution in [1.82, 2.24) is 9.97 Å². The standard InChI is InChI=1S/C25H26ClN5O2/c1-33-20-10-8-18(9-11-20)27-24-23-21(6-3-7-22(23)32)28-25(29-24)31-14-12-30(13-15-31)19-5-2-4-17(26)16-19/h2,4-5,8-11,16H,3,6-7,12-15H2,1H3,(H,27,28,29). The Kier molecular flexibility index (Phi) is 6.05. The third kappa shape index (κ3) is 4.59. The van der Waals surface area contributed by atoms with Crippen LogP contribution in [0.1, 0.15) is 28.9 Å². The highest BCUT2D eigenvalue weighted by molar-refractivity contribution is 6.30. The van der Waals surface area contributed by atoms with E-state index in [9.17, 15) is 4.79 Å². The van der Waals surface area contributed by atoms with E-state index in [-0.39, 0.29) is 5.78 Å². The molecule has 1 saturated heterocycles. The molecule has 2 heterocycles. The molecular weight excluding hydrogens is 438 g/mol. The summed E-state index contributed by atoms with van der Waals surface area (Å²) in [6, 6.07) is 15.6. The number of fused-ring (bicyclic) bond motifs is 1. The van der Waals surface area contributed by atoms with Gasteiger partial charge >= 0.3 is 0 Å². The van der Waals surface area contributed by atoms with Crippen molar-refractivity contribution in [2.24, 2.45) is 0 Å². The number of methoxy groups -OCH3 is 1. The molecule has 3 aromatic rings. The Morgan fingerprint density at radius 1 is 0.970 bits per heavy atom. The van der Waals surface area contributed by atoms with Crippen LogP contribution in [-0.4, -0.2) is 49.0 Å². The van der Waals surface area contributed by atoms with Gasteiger partial charge in [-0.25, -0.2) is 4.98 Å². The van der Waals surface area contributed by atoms with Gasteiger partial charge in [-0.1, -0.05) is 17.7 Å². The van der Waals surface area contributed by atoms with Gasteiger partial charge in [-0.3, -0.25) is 4.79 Å². The van der Waals surface area contributed by atoms with Crippen LogP contribution >= 0.6 is 11.6 Å². The van der Waals surface area contributed by atoms with E-state index in [1.54, 1.807) is 7.11 Å².